The van der Waals surface area contributed by atoms with Crippen molar-refractivity contribution in [2.45, 2.75) is 43.9 Å². The molecule has 1 aliphatic heterocycles. The molecule has 11 heteroatoms. The van der Waals surface area contributed by atoms with Crippen molar-refractivity contribution >= 4 is 22.7 Å². The van der Waals surface area contributed by atoms with Gasteiger partial charge in [0.25, 0.3) is 5.92 Å². The minimum absolute atomic E-state index is 0.0931. The van der Waals surface area contributed by atoms with E-state index >= 15 is 0 Å². The lowest BCUT2D eigenvalue weighted by molar-refractivity contribution is -0.137. The largest absolute Gasteiger partial charge is 0.417 e. The van der Waals surface area contributed by atoms with Crippen LogP contribution in [0, 0.1) is 5.82 Å². The van der Waals surface area contributed by atoms with Crippen LogP contribution < -0.4 is 10.2 Å². The highest BCUT2D eigenvalue weighted by molar-refractivity contribution is 5.90. The minimum Gasteiger partial charge on any atom is -0.351 e. The fourth-order valence-corrected chi connectivity index (χ4v) is 4.10. The van der Waals surface area contributed by atoms with Gasteiger partial charge in [-0.15, -0.1) is 0 Å². The first kappa shape index (κ1) is 20.8. The molecule has 0 unspecified atom stereocenters. The van der Waals surface area contributed by atoms with Crippen molar-refractivity contribution < 1.29 is 26.3 Å². The number of pyridine rings is 1. The summed E-state index contributed by atoms with van der Waals surface area (Å²) in [5, 5.41) is 3.27. The number of benzene rings is 1. The number of aromatic nitrogens is 3. The molecule has 32 heavy (non-hydrogen) atoms. The second-order valence-electron chi connectivity index (χ2n) is 8.14. The van der Waals surface area contributed by atoms with Gasteiger partial charge in [-0.1, -0.05) is 0 Å². The van der Waals surface area contributed by atoms with E-state index in [9.17, 15) is 26.3 Å². The Hall–Kier alpha value is -3.11. The highest BCUT2D eigenvalue weighted by Gasteiger charge is 2.45. The van der Waals surface area contributed by atoms with Gasteiger partial charge in [-0.05, 0) is 29.8 Å². The summed E-state index contributed by atoms with van der Waals surface area (Å²) in [5.41, 5.74) is 0.527. The van der Waals surface area contributed by atoms with Gasteiger partial charge >= 0.3 is 6.18 Å². The normalized spacial score (nSPS) is 18.4. The van der Waals surface area contributed by atoms with Gasteiger partial charge in [0.15, 0.2) is 0 Å². The van der Waals surface area contributed by atoms with Crippen LogP contribution in [-0.2, 0) is 19.1 Å². The van der Waals surface area contributed by atoms with Gasteiger partial charge in [0.05, 0.1) is 11.1 Å². The topological polar surface area (TPSA) is 53.9 Å². The van der Waals surface area contributed by atoms with E-state index in [0.29, 0.717) is 40.9 Å². The van der Waals surface area contributed by atoms with Gasteiger partial charge in [-0.3, -0.25) is 4.98 Å². The zero-order valence-corrected chi connectivity index (χ0v) is 16.6. The fourth-order valence-electron chi connectivity index (χ4n) is 4.10. The molecule has 5 rings (SSSR count). The van der Waals surface area contributed by atoms with Gasteiger partial charge in [0, 0.05) is 55.7 Å². The number of hydrogen-bond donors (Lipinski definition) is 1. The van der Waals surface area contributed by atoms with E-state index in [4.69, 9.17) is 0 Å². The molecule has 168 valence electrons. The summed E-state index contributed by atoms with van der Waals surface area (Å²) in [7, 11) is 0. The van der Waals surface area contributed by atoms with Crippen LogP contribution in [-0.4, -0.2) is 33.5 Å². The molecule has 5 nitrogen and oxygen atoms in total. The molecule has 0 radical (unpaired) electrons. The lowest BCUT2D eigenvalue weighted by Crippen LogP contribution is -2.44. The molecule has 0 bridgehead atoms. The zero-order chi connectivity index (χ0) is 22.7. The number of nitrogens with zero attached hydrogens (tertiary/aromatic N) is 4. The molecule has 0 saturated heterocycles. The number of fused-ring (bicyclic) bond motifs is 2. The quantitative estimate of drug-likeness (QED) is 0.569. The second kappa shape index (κ2) is 7.21. The molecule has 1 saturated carbocycles. The Kier molecular flexibility index (Phi) is 4.68. The number of anilines is 2. The van der Waals surface area contributed by atoms with E-state index in [1.165, 1.54) is 18.2 Å². The number of halogens is 6. The Morgan fingerprint density at radius 2 is 1.88 bits per heavy atom. The van der Waals surface area contributed by atoms with E-state index in [2.05, 4.69) is 20.3 Å². The third-order valence-electron chi connectivity index (χ3n) is 5.73. The summed E-state index contributed by atoms with van der Waals surface area (Å²) in [6.45, 7) is 0.491. The molecular formula is C21H17F6N5. The molecule has 0 amide bonds. The SMILES string of the molecule is Fc1ccc2nc(NC3CC(F)(F)C3)nc(N3CCc4ncc(C(F)(F)F)cc4C3)c2c1. The second-order valence-corrected chi connectivity index (χ2v) is 8.14. The van der Waals surface area contributed by atoms with Crippen molar-refractivity contribution in [1.82, 2.24) is 15.0 Å². The maximum Gasteiger partial charge on any atom is 0.417 e. The van der Waals surface area contributed by atoms with E-state index in [1.54, 1.807) is 4.90 Å². The zero-order valence-electron chi connectivity index (χ0n) is 16.6. The van der Waals surface area contributed by atoms with E-state index in [1.807, 2.05) is 0 Å². The molecule has 1 aromatic carbocycles. The van der Waals surface area contributed by atoms with Crippen LogP contribution in [0.25, 0.3) is 10.9 Å². The van der Waals surface area contributed by atoms with Crippen molar-refractivity contribution in [3.05, 3.63) is 53.1 Å². The Labute approximate surface area is 178 Å². The molecule has 0 spiro atoms. The average molecular weight is 453 g/mol. The fraction of sp³-hybridized carbons (Fsp3) is 0.381. The minimum atomic E-state index is -4.52. The first-order valence-corrected chi connectivity index (χ1v) is 9.99. The van der Waals surface area contributed by atoms with Crippen LogP contribution in [0.3, 0.4) is 0 Å². The molecule has 3 heterocycles. The summed E-state index contributed by atoms with van der Waals surface area (Å²) in [5.74, 6) is -2.79. The maximum absolute atomic E-state index is 14.0. The summed E-state index contributed by atoms with van der Waals surface area (Å²) < 4.78 is 79.7. The Balaban J connectivity index is 1.51. The number of rotatable bonds is 3. The molecule has 2 aliphatic rings. The average Bonchev–Trinajstić information content (AvgIpc) is 2.70. The lowest BCUT2D eigenvalue weighted by atomic mass is 9.88. The Morgan fingerprint density at radius 1 is 1.09 bits per heavy atom. The molecule has 1 aliphatic carbocycles. The molecule has 3 aromatic rings. The predicted octanol–water partition coefficient (Wildman–Crippen LogP) is 4.96. The van der Waals surface area contributed by atoms with Crippen LogP contribution in [0.2, 0.25) is 0 Å². The van der Waals surface area contributed by atoms with Crippen molar-refractivity contribution in [2.75, 3.05) is 16.8 Å². The number of nitrogens with one attached hydrogen (secondary N) is 1. The Morgan fingerprint density at radius 3 is 2.59 bits per heavy atom. The van der Waals surface area contributed by atoms with Crippen molar-refractivity contribution in [2.24, 2.45) is 0 Å². The highest BCUT2D eigenvalue weighted by Crippen LogP contribution is 2.39. The number of alkyl halides is 5. The summed E-state index contributed by atoms with van der Waals surface area (Å²) in [6.07, 6.45) is -3.99. The summed E-state index contributed by atoms with van der Waals surface area (Å²) in [6, 6.07) is 4.51. The smallest absolute Gasteiger partial charge is 0.351 e. The molecule has 2 aromatic heterocycles. The molecule has 0 atom stereocenters. The summed E-state index contributed by atoms with van der Waals surface area (Å²) in [4.78, 5) is 14.4. The molecule has 1 fully saturated rings. The molecular weight excluding hydrogens is 436 g/mol. The van der Waals surface area contributed by atoms with Crippen molar-refractivity contribution in [1.29, 1.82) is 0 Å². The lowest BCUT2D eigenvalue weighted by Gasteiger charge is -2.35. The van der Waals surface area contributed by atoms with Crippen LogP contribution in [0.5, 0.6) is 0 Å². The van der Waals surface area contributed by atoms with Crippen LogP contribution in [0.1, 0.15) is 29.7 Å². The Bertz CT molecular complexity index is 1190. The van der Waals surface area contributed by atoms with E-state index in [0.717, 1.165) is 12.3 Å². The van der Waals surface area contributed by atoms with Crippen molar-refractivity contribution in [3.63, 3.8) is 0 Å². The van der Waals surface area contributed by atoms with Gasteiger partial charge in [0.1, 0.15) is 11.6 Å². The number of hydrogen-bond acceptors (Lipinski definition) is 5. The van der Waals surface area contributed by atoms with Gasteiger partial charge in [-0.25, -0.2) is 18.2 Å². The molecule has 1 N–H and O–H groups in total. The van der Waals surface area contributed by atoms with Crippen molar-refractivity contribution in [3.8, 4) is 0 Å². The first-order chi connectivity index (χ1) is 15.1. The van der Waals surface area contributed by atoms with Gasteiger partial charge < -0.3 is 10.2 Å². The highest BCUT2D eigenvalue weighted by atomic mass is 19.4. The summed E-state index contributed by atoms with van der Waals surface area (Å²) >= 11 is 0. The van der Waals surface area contributed by atoms with E-state index in [-0.39, 0.29) is 25.3 Å². The van der Waals surface area contributed by atoms with Gasteiger partial charge in [0.2, 0.25) is 5.95 Å². The van der Waals surface area contributed by atoms with Gasteiger partial charge in [-0.2, -0.15) is 18.2 Å². The van der Waals surface area contributed by atoms with Crippen LogP contribution in [0.4, 0.5) is 38.1 Å². The van der Waals surface area contributed by atoms with E-state index < -0.39 is 29.5 Å². The predicted molar refractivity (Wildman–Crippen MR) is 105 cm³/mol. The standard InChI is InChI=1S/C21H17F6N5/c22-13-1-2-17-15(6-13)18(31-19(30-17)29-14-7-20(23,24)8-14)32-4-3-16-11(10-32)5-12(9-28-16)21(25,26)27/h1-2,5-6,9,14H,3-4,7-8,10H2,(H,29,30,31). The third-order valence-corrected chi connectivity index (χ3v) is 5.73. The third kappa shape index (κ3) is 3.91. The van der Waals surface area contributed by atoms with Crippen LogP contribution >= 0.6 is 0 Å². The monoisotopic (exact) mass is 453 g/mol. The first-order valence-electron chi connectivity index (χ1n) is 9.99. The van der Waals surface area contributed by atoms with Crippen LogP contribution in [0.15, 0.2) is 30.5 Å². The maximum atomic E-state index is 14.0.